The molecule has 0 aliphatic rings. The van der Waals surface area contributed by atoms with Gasteiger partial charge in [-0.15, -0.1) is 11.3 Å². The minimum atomic E-state index is -3.70. The van der Waals surface area contributed by atoms with Crippen LogP contribution in [0.25, 0.3) is 11.3 Å². The Balaban J connectivity index is 1.44. The first kappa shape index (κ1) is 22.7. The number of amides is 1. The smallest absolute Gasteiger partial charge is 0.261 e. The van der Waals surface area contributed by atoms with Crippen molar-refractivity contribution in [2.24, 2.45) is 0 Å². The Morgan fingerprint density at radius 2 is 1.55 bits per heavy atom. The van der Waals surface area contributed by atoms with E-state index in [-0.39, 0.29) is 10.8 Å². The lowest BCUT2D eigenvalue weighted by Crippen LogP contribution is -2.14. The van der Waals surface area contributed by atoms with E-state index in [2.05, 4.69) is 21.1 Å². The molecule has 0 atom stereocenters. The average molecular weight is 478 g/mol. The molecule has 1 aromatic heterocycles. The molecule has 0 unspecified atom stereocenters. The van der Waals surface area contributed by atoms with Gasteiger partial charge in [0.1, 0.15) is 0 Å². The molecule has 0 saturated heterocycles. The Kier molecular flexibility index (Phi) is 6.31. The van der Waals surface area contributed by atoms with E-state index in [1.807, 2.05) is 38.3 Å². The standard InChI is InChI=1S/C25H23N3O3S2/c1-16-4-11-21(12-5-16)33(30,31)28-20-9-7-19(8-10-20)24(29)27-25-26-23(15-32-25)22-13-6-17(2)14-18(22)3/h4-15,28H,1-3H3,(H,26,27,29). The number of rotatable bonds is 6. The normalized spacial score (nSPS) is 11.2. The van der Waals surface area contributed by atoms with E-state index in [1.54, 1.807) is 48.5 Å². The number of hydrogen-bond acceptors (Lipinski definition) is 5. The lowest BCUT2D eigenvalue weighted by molar-refractivity contribution is 0.102. The molecule has 6 nitrogen and oxygen atoms in total. The van der Waals surface area contributed by atoms with E-state index < -0.39 is 10.0 Å². The van der Waals surface area contributed by atoms with Gasteiger partial charge in [0.15, 0.2) is 5.13 Å². The molecule has 8 heteroatoms. The third-order valence-electron chi connectivity index (χ3n) is 5.11. The van der Waals surface area contributed by atoms with Gasteiger partial charge in [-0.05, 0) is 62.7 Å². The Bertz CT molecular complexity index is 1410. The minimum Gasteiger partial charge on any atom is -0.298 e. The van der Waals surface area contributed by atoms with Gasteiger partial charge in [0, 0.05) is 22.2 Å². The molecule has 2 N–H and O–H groups in total. The van der Waals surface area contributed by atoms with E-state index in [0.29, 0.717) is 16.4 Å². The predicted octanol–water partition coefficient (Wildman–Crippen LogP) is 5.79. The fraction of sp³-hybridized carbons (Fsp3) is 0.120. The number of benzene rings is 3. The minimum absolute atomic E-state index is 0.179. The van der Waals surface area contributed by atoms with Crippen molar-refractivity contribution < 1.29 is 13.2 Å². The second-order valence-electron chi connectivity index (χ2n) is 7.81. The van der Waals surface area contributed by atoms with Crippen LogP contribution in [0.4, 0.5) is 10.8 Å². The average Bonchev–Trinajstić information content (AvgIpc) is 3.22. The lowest BCUT2D eigenvalue weighted by atomic mass is 10.0. The van der Waals surface area contributed by atoms with Crippen molar-refractivity contribution >= 4 is 38.1 Å². The van der Waals surface area contributed by atoms with Crippen LogP contribution in [-0.2, 0) is 10.0 Å². The van der Waals surface area contributed by atoms with Crippen molar-refractivity contribution in [1.82, 2.24) is 4.98 Å². The number of sulfonamides is 1. The first-order valence-electron chi connectivity index (χ1n) is 10.3. The highest BCUT2D eigenvalue weighted by atomic mass is 32.2. The van der Waals surface area contributed by atoms with Gasteiger partial charge in [-0.3, -0.25) is 14.8 Å². The van der Waals surface area contributed by atoms with Gasteiger partial charge in [-0.25, -0.2) is 13.4 Å². The van der Waals surface area contributed by atoms with E-state index in [0.717, 1.165) is 22.4 Å². The quantitative estimate of drug-likeness (QED) is 0.368. The maximum absolute atomic E-state index is 12.6. The summed E-state index contributed by atoms with van der Waals surface area (Å²) >= 11 is 1.36. The Morgan fingerprint density at radius 1 is 0.879 bits per heavy atom. The molecule has 0 radical (unpaired) electrons. The molecule has 1 amide bonds. The maximum atomic E-state index is 12.6. The molecule has 3 aromatic carbocycles. The second-order valence-corrected chi connectivity index (χ2v) is 10.3. The number of carbonyl (C=O) groups is 1. The molecule has 0 saturated carbocycles. The van der Waals surface area contributed by atoms with E-state index in [9.17, 15) is 13.2 Å². The zero-order valence-corrected chi connectivity index (χ0v) is 20.0. The van der Waals surface area contributed by atoms with Crippen LogP contribution in [0.5, 0.6) is 0 Å². The fourth-order valence-corrected chi connectivity index (χ4v) is 5.11. The highest BCUT2D eigenvalue weighted by Gasteiger charge is 2.15. The largest absolute Gasteiger partial charge is 0.298 e. The number of hydrogen-bond donors (Lipinski definition) is 2. The van der Waals surface area contributed by atoms with Crippen LogP contribution in [0.2, 0.25) is 0 Å². The van der Waals surface area contributed by atoms with Crippen molar-refractivity contribution in [3.8, 4) is 11.3 Å². The van der Waals surface area contributed by atoms with E-state index in [1.165, 1.54) is 16.9 Å². The molecular formula is C25H23N3O3S2. The molecule has 33 heavy (non-hydrogen) atoms. The summed E-state index contributed by atoms with van der Waals surface area (Å²) in [7, 11) is -3.70. The summed E-state index contributed by atoms with van der Waals surface area (Å²) < 4.78 is 27.6. The highest BCUT2D eigenvalue weighted by Crippen LogP contribution is 2.28. The lowest BCUT2D eigenvalue weighted by Gasteiger charge is -2.09. The van der Waals surface area contributed by atoms with Crippen molar-refractivity contribution in [1.29, 1.82) is 0 Å². The van der Waals surface area contributed by atoms with E-state index >= 15 is 0 Å². The fourth-order valence-electron chi connectivity index (χ4n) is 3.35. The predicted molar refractivity (Wildman–Crippen MR) is 133 cm³/mol. The SMILES string of the molecule is Cc1ccc(S(=O)(=O)Nc2ccc(C(=O)Nc3nc(-c4ccc(C)cc4C)cs3)cc2)cc1. The summed E-state index contributed by atoms with van der Waals surface area (Å²) in [5, 5.41) is 5.22. The van der Waals surface area contributed by atoms with Gasteiger partial charge in [0.25, 0.3) is 15.9 Å². The van der Waals surface area contributed by atoms with Crippen LogP contribution < -0.4 is 10.0 Å². The summed E-state index contributed by atoms with van der Waals surface area (Å²) in [4.78, 5) is 17.4. The molecule has 4 aromatic rings. The molecule has 0 spiro atoms. The summed E-state index contributed by atoms with van der Waals surface area (Å²) in [5.41, 5.74) is 5.91. The van der Waals surface area contributed by atoms with Crippen LogP contribution in [0.3, 0.4) is 0 Å². The van der Waals surface area contributed by atoms with Gasteiger partial charge in [-0.1, -0.05) is 41.5 Å². The van der Waals surface area contributed by atoms with Crippen molar-refractivity contribution in [2.75, 3.05) is 10.0 Å². The topological polar surface area (TPSA) is 88.2 Å². The highest BCUT2D eigenvalue weighted by molar-refractivity contribution is 7.92. The van der Waals surface area contributed by atoms with Gasteiger partial charge in [0.2, 0.25) is 0 Å². The van der Waals surface area contributed by atoms with Crippen LogP contribution in [-0.4, -0.2) is 19.3 Å². The molecule has 0 bridgehead atoms. The van der Waals surface area contributed by atoms with Gasteiger partial charge >= 0.3 is 0 Å². The molecule has 0 fully saturated rings. The first-order chi connectivity index (χ1) is 15.7. The number of thiazole rings is 1. The van der Waals surface area contributed by atoms with Crippen LogP contribution in [0, 0.1) is 20.8 Å². The van der Waals surface area contributed by atoms with Gasteiger partial charge < -0.3 is 0 Å². The van der Waals surface area contributed by atoms with Gasteiger partial charge in [0.05, 0.1) is 10.6 Å². The van der Waals surface area contributed by atoms with E-state index in [4.69, 9.17) is 0 Å². The zero-order valence-electron chi connectivity index (χ0n) is 18.4. The summed E-state index contributed by atoms with van der Waals surface area (Å²) in [6.07, 6.45) is 0. The zero-order chi connectivity index (χ0) is 23.6. The number of aryl methyl sites for hydroxylation is 3. The van der Waals surface area contributed by atoms with Crippen molar-refractivity contribution in [3.63, 3.8) is 0 Å². The Morgan fingerprint density at radius 3 is 2.21 bits per heavy atom. The molecular weight excluding hydrogens is 454 g/mol. The second kappa shape index (κ2) is 9.17. The van der Waals surface area contributed by atoms with Crippen molar-refractivity contribution in [2.45, 2.75) is 25.7 Å². The molecule has 1 heterocycles. The summed E-state index contributed by atoms with van der Waals surface area (Å²) in [5.74, 6) is -0.315. The molecule has 168 valence electrons. The Labute approximate surface area is 197 Å². The van der Waals surface area contributed by atoms with Crippen LogP contribution >= 0.6 is 11.3 Å². The molecule has 0 aliphatic carbocycles. The summed E-state index contributed by atoms with van der Waals surface area (Å²) in [6, 6.07) is 19.0. The monoisotopic (exact) mass is 477 g/mol. The third-order valence-corrected chi connectivity index (χ3v) is 7.27. The maximum Gasteiger partial charge on any atom is 0.261 e. The Hall–Kier alpha value is -3.49. The number of aromatic nitrogens is 1. The van der Waals surface area contributed by atoms with Crippen molar-refractivity contribution in [3.05, 3.63) is 94.4 Å². The number of nitrogens with zero attached hydrogens (tertiary/aromatic N) is 1. The summed E-state index contributed by atoms with van der Waals surface area (Å²) in [6.45, 7) is 5.97. The number of anilines is 2. The number of carbonyl (C=O) groups excluding carboxylic acids is 1. The number of nitrogens with one attached hydrogen (secondary N) is 2. The first-order valence-corrected chi connectivity index (χ1v) is 12.6. The van der Waals surface area contributed by atoms with Gasteiger partial charge in [-0.2, -0.15) is 0 Å². The van der Waals surface area contributed by atoms with Crippen LogP contribution in [0.1, 0.15) is 27.0 Å². The molecule has 0 aliphatic heterocycles. The third kappa shape index (κ3) is 5.30. The molecule has 4 rings (SSSR count). The van der Waals surface area contributed by atoms with Crippen LogP contribution in [0.15, 0.2) is 77.0 Å².